The van der Waals surface area contributed by atoms with Crippen molar-refractivity contribution in [3.8, 4) is 0 Å². The van der Waals surface area contributed by atoms with Crippen LogP contribution in [0.25, 0.3) is 0 Å². The van der Waals surface area contributed by atoms with Gasteiger partial charge in [0.15, 0.2) is 0 Å². The van der Waals surface area contributed by atoms with Crippen molar-refractivity contribution in [2.75, 3.05) is 13.1 Å². The van der Waals surface area contributed by atoms with Gasteiger partial charge in [-0.1, -0.05) is 38.4 Å². The normalized spacial score (nSPS) is 12.0. The van der Waals surface area contributed by atoms with Crippen LogP contribution in [-0.4, -0.2) is 21.5 Å². The van der Waals surface area contributed by atoms with Crippen molar-refractivity contribution >= 4 is 21.6 Å². The van der Waals surface area contributed by atoms with Crippen LogP contribution >= 0.6 is 11.6 Å². The molecule has 0 unspecified atom stereocenters. The van der Waals surface area contributed by atoms with Gasteiger partial charge in [0.05, 0.1) is 4.90 Å². The molecular formula is C15H25ClN2O2S. The van der Waals surface area contributed by atoms with Gasteiger partial charge in [-0.25, -0.2) is 13.1 Å². The molecule has 0 aliphatic rings. The van der Waals surface area contributed by atoms with E-state index >= 15 is 0 Å². The molecule has 21 heavy (non-hydrogen) atoms. The van der Waals surface area contributed by atoms with Crippen LogP contribution in [0.3, 0.4) is 0 Å². The van der Waals surface area contributed by atoms with Gasteiger partial charge in [-0.15, -0.1) is 0 Å². The SMILES string of the molecule is CCCNCc1ccc(S(=O)(=O)NCCC(C)C)cc1Cl. The molecule has 1 rings (SSSR count). The second kappa shape index (κ2) is 8.73. The molecule has 0 radical (unpaired) electrons. The summed E-state index contributed by atoms with van der Waals surface area (Å²) in [5.74, 6) is 0.461. The topological polar surface area (TPSA) is 58.2 Å². The molecule has 6 heteroatoms. The third-order valence-electron chi connectivity index (χ3n) is 3.09. The number of nitrogens with one attached hydrogen (secondary N) is 2. The fourth-order valence-electron chi connectivity index (χ4n) is 1.80. The lowest BCUT2D eigenvalue weighted by molar-refractivity contribution is 0.551. The zero-order valence-corrected chi connectivity index (χ0v) is 14.5. The van der Waals surface area contributed by atoms with Gasteiger partial charge in [-0.3, -0.25) is 0 Å². The van der Waals surface area contributed by atoms with Crippen LogP contribution in [0.4, 0.5) is 0 Å². The summed E-state index contributed by atoms with van der Waals surface area (Å²) in [6.07, 6.45) is 1.86. The number of hydrogen-bond acceptors (Lipinski definition) is 3. The first-order valence-electron chi connectivity index (χ1n) is 7.35. The van der Waals surface area contributed by atoms with Crippen molar-refractivity contribution in [2.24, 2.45) is 5.92 Å². The summed E-state index contributed by atoms with van der Waals surface area (Å²) < 4.78 is 26.9. The molecule has 1 aromatic rings. The minimum Gasteiger partial charge on any atom is -0.313 e. The van der Waals surface area contributed by atoms with Gasteiger partial charge in [0.1, 0.15) is 0 Å². The van der Waals surface area contributed by atoms with Gasteiger partial charge >= 0.3 is 0 Å². The van der Waals surface area contributed by atoms with Gasteiger partial charge in [-0.05, 0) is 43.0 Å². The van der Waals surface area contributed by atoms with E-state index in [9.17, 15) is 8.42 Å². The van der Waals surface area contributed by atoms with E-state index in [-0.39, 0.29) is 4.90 Å². The highest BCUT2D eigenvalue weighted by molar-refractivity contribution is 7.89. The van der Waals surface area contributed by atoms with E-state index in [1.165, 1.54) is 6.07 Å². The Morgan fingerprint density at radius 1 is 1.24 bits per heavy atom. The Balaban J connectivity index is 2.72. The Labute approximate surface area is 133 Å². The standard InChI is InChI=1S/C15H25ClN2O2S/c1-4-8-17-11-13-5-6-14(10-15(13)16)21(19,20)18-9-7-12(2)3/h5-6,10,12,17-18H,4,7-9,11H2,1-3H3. The summed E-state index contributed by atoms with van der Waals surface area (Å²) in [6.45, 7) is 8.21. The van der Waals surface area contributed by atoms with Crippen molar-refractivity contribution in [3.63, 3.8) is 0 Å². The second-order valence-electron chi connectivity index (χ2n) is 5.51. The summed E-state index contributed by atoms with van der Waals surface area (Å²) in [6, 6.07) is 4.89. The van der Waals surface area contributed by atoms with Gasteiger partial charge in [0, 0.05) is 18.1 Å². The smallest absolute Gasteiger partial charge is 0.240 e. The van der Waals surface area contributed by atoms with Crippen LogP contribution in [0.2, 0.25) is 5.02 Å². The molecule has 0 amide bonds. The Kier molecular flexibility index (Phi) is 7.66. The molecule has 0 atom stereocenters. The van der Waals surface area contributed by atoms with Gasteiger partial charge in [0.25, 0.3) is 0 Å². The van der Waals surface area contributed by atoms with Gasteiger partial charge in [0.2, 0.25) is 10.0 Å². The van der Waals surface area contributed by atoms with E-state index in [1.807, 2.05) is 0 Å². The van der Waals surface area contributed by atoms with E-state index in [0.717, 1.165) is 24.9 Å². The fraction of sp³-hybridized carbons (Fsp3) is 0.600. The summed E-state index contributed by atoms with van der Waals surface area (Å²) in [7, 11) is -3.48. The maximum absolute atomic E-state index is 12.2. The van der Waals surface area contributed by atoms with E-state index in [1.54, 1.807) is 12.1 Å². The third kappa shape index (κ3) is 6.34. The highest BCUT2D eigenvalue weighted by Gasteiger charge is 2.15. The molecule has 0 spiro atoms. The monoisotopic (exact) mass is 332 g/mol. The molecule has 1 aromatic carbocycles. The van der Waals surface area contributed by atoms with E-state index in [0.29, 0.717) is 24.0 Å². The molecule has 0 saturated carbocycles. The van der Waals surface area contributed by atoms with Crippen molar-refractivity contribution < 1.29 is 8.42 Å². The molecular weight excluding hydrogens is 308 g/mol. The largest absolute Gasteiger partial charge is 0.313 e. The number of halogens is 1. The van der Waals surface area contributed by atoms with Crippen molar-refractivity contribution in [1.29, 1.82) is 0 Å². The highest BCUT2D eigenvalue weighted by atomic mass is 35.5. The van der Waals surface area contributed by atoms with Crippen LogP contribution in [-0.2, 0) is 16.6 Å². The minimum atomic E-state index is -3.48. The average Bonchev–Trinajstić information content (AvgIpc) is 2.40. The minimum absolute atomic E-state index is 0.218. The Hall–Kier alpha value is -0.620. The lowest BCUT2D eigenvalue weighted by atomic mass is 10.1. The fourth-order valence-corrected chi connectivity index (χ4v) is 3.19. The first-order valence-corrected chi connectivity index (χ1v) is 9.21. The molecule has 0 fully saturated rings. The Bertz CT molecular complexity index is 545. The predicted molar refractivity (Wildman–Crippen MR) is 88.1 cm³/mol. The summed E-state index contributed by atoms with van der Waals surface area (Å²) in [4.78, 5) is 0.218. The van der Waals surface area contributed by atoms with Crippen LogP contribution < -0.4 is 10.0 Å². The predicted octanol–water partition coefficient (Wildman–Crippen LogP) is 3.16. The zero-order valence-electron chi connectivity index (χ0n) is 12.9. The molecule has 0 saturated heterocycles. The molecule has 0 bridgehead atoms. The lowest BCUT2D eigenvalue weighted by Crippen LogP contribution is -2.25. The number of benzene rings is 1. The molecule has 4 nitrogen and oxygen atoms in total. The third-order valence-corrected chi connectivity index (χ3v) is 4.90. The Morgan fingerprint density at radius 3 is 2.52 bits per heavy atom. The molecule has 0 aliphatic heterocycles. The molecule has 0 aliphatic carbocycles. The molecule has 0 heterocycles. The van der Waals surface area contributed by atoms with E-state index in [2.05, 4.69) is 30.8 Å². The van der Waals surface area contributed by atoms with Crippen LogP contribution in [0.15, 0.2) is 23.1 Å². The summed E-state index contributed by atoms with van der Waals surface area (Å²) in [5.41, 5.74) is 0.909. The van der Waals surface area contributed by atoms with Crippen molar-refractivity contribution in [2.45, 2.75) is 45.1 Å². The molecule has 0 aromatic heterocycles. The number of rotatable bonds is 9. The Morgan fingerprint density at radius 2 is 1.95 bits per heavy atom. The van der Waals surface area contributed by atoms with Crippen LogP contribution in [0.5, 0.6) is 0 Å². The van der Waals surface area contributed by atoms with E-state index in [4.69, 9.17) is 11.6 Å². The van der Waals surface area contributed by atoms with Crippen LogP contribution in [0.1, 0.15) is 39.2 Å². The van der Waals surface area contributed by atoms with Crippen molar-refractivity contribution in [3.05, 3.63) is 28.8 Å². The number of hydrogen-bond donors (Lipinski definition) is 2. The van der Waals surface area contributed by atoms with Crippen LogP contribution in [0, 0.1) is 5.92 Å². The van der Waals surface area contributed by atoms with Gasteiger partial charge in [-0.2, -0.15) is 0 Å². The first-order chi connectivity index (χ1) is 9.86. The van der Waals surface area contributed by atoms with Gasteiger partial charge < -0.3 is 5.32 Å². The first kappa shape index (κ1) is 18.4. The molecule has 120 valence electrons. The quantitative estimate of drug-likeness (QED) is 0.683. The highest BCUT2D eigenvalue weighted by Crippen LogP contribution is 2.21. The second-order valence-corrected chi connectivity index (χ2v) is 7.68. The average molecular weight is 333 g/mol. The molecule has 2 N–H and O–H groups in total. The summed E-state index contributed by atoms with van der Waals surface area (Å²) >= 11 is 6.17. The zero-order chi connectivity index (χ0) is 15.9. The summed E-state index contributed by atoms with van der Waals surface area (Å²) in [5, 5.41) is 3.72. The maximum atomic E-state index is 12.2. The lowest BCUT2D eigenvalue weighted by Gasteiger charge is -2.11. The maximum Gasteiger partial charge on any atom is 0.240 e. The van der Waals surface area contributed by atoms with E-state index < -0.39 is 10.0 Å². The number of sulfonamides is 1. The van der Waals surface area contributed by atoms with Crippen molar-refractivity contribution in [1.82, 2.24) is 10.0 Å².